The lowest BCUT2D eigenvalue weighted by Crippen LogP contribution is -2.15. The van der Waals surface area contributed by atoms with Crippen molar-refractivity contribution in [2.45, 2.75) is 13.5 Å². The largest absolute Gasteiger partial charge is 0.439 e. The number of para-hydroxylation sites is 2. The molecule has 0 radical (unpaired) electrons. The number of aromatic nitrogens is 2. The van der Waals surface area contributed by atoms with Gasteiger partial charge in [0.05, 0.1) is 0 Å². The van der Waals surface area contributed by atoms with Crippen molar-refractivity contribution in [2.24, 2.45) is 0 Å². The molecule has 0 aliphatic heterocycles. The van der Waals surface area contributed by atoms with Crippen LogP contribution in [0.15, 0.2) is 38.9 Å². The first-order valence-electron chi connectivity index (χ1n) is 5.23. The first kappa shape index (κ1) is 10.3. The van der Waals surface area contributed by atoms with Gasteiger partial charge >= 0.3 is 4.87 Å². The second-order valence-electron chi connectivity index (χ2n) is 3.80. The lowest BCUT2D eigenvalue weighted by molar-refractivity contribution is 0.503. The second-order valence-corrected chi connectivity index (χ2v) is 4.63. The standard InChI is InChI=1S/C12H10N2O2S/c1-8-7-17-12(15)14(8)6-11-13-9-4-2-3-5-10(9)16-11/h2-5,7H,6H2,1H3. The molecule has 0 unspecified atom stereocenters. The molecule has 1 aromatic carbocycles. The SMILES string of the molecule is Cc1csc(=O)n1Cc1nc2ccccc2o1. The summed E-state index contributed by atoms with van der Waals surface area (Å²) in [6.45, 7) is 2.30. The molecule has 0 amide bonds. The Kier molecular flexibility index (Phi) is 2.33. The van der Waals surface area contributed by atoms with E-state index in [1.807, 2.05) is 36.6 Å². The number of thiazole rings is 1. The molecule has 4 nitrogen and oxygen atoms in total. The highest BCUT2D eigenvalue weighted by atomic mass is 32.1. The van der Waals surface area contributed by atoms with Crippen molar-refractivity contribution in [1.29, 1.82) is 0 Å². The van der Waals surface area contributed by atoms with E-state index in [1.165, 1.54) is 11.3 Å². The Labute approximate surface area is 101 Å². The molecule has 5 heteroatoms. The third kappa shape index (κ3) is 1.78. The summed E-state index contributed by atoms with van der Waals surface area (Å²) in [5, 5.41) is 1.84. The van der Waals surface area contributed by atoms with Crippen LogP contribution in [-0.2, 0) is 6.54 Å². The molecule has 2 aromatic heterocycles. The van der Waals surface area contributed by atoms with Crippen LogP contribution >= 0.6 is 11.3 Å². The molecule has 0 spiro atoms. The minimum absolute atomic E-state index is 0.0183. The predicted molar refractivity (Wildman–Crippen MR) is 66.4 cm³/mol. The van der Waals surface area contributed by atoms with Crippen LogP contribution in [0.25, 0.3) is 11.1 Å². The van der Waals surface area contributed by atoms with Crippen molar-refractivity contribution in [2.75, 3.05) is 0 Å². The fraction of sp³-hybridized carbons (Fsp3) is 0.167. The molecule has 0 aliphatic rings. The number of fused-ring (bicyclic) bond motifs is 1. The minimum atomic E-state index is 0.0183. The molecule has 0 aliphatic carbocycles. The average molecular weight is 246 g/mol. The van der Waals surface area contributed by atoms with Crippen molar-refractivity contribution < 1.29 is 4.42 Å². The Bertz CT molecular complexity index is 690. The molecule has 3 aromatic rings. The van der Waals surface area contributed by atoms with Gasteiger partial charge in [0.15, 0.2) is 5.58 Å². The van der Waals surface area contributed by atoms with Crippen LogP contribution in [0.4, 0.5) is 0 Å². The molecule has 86 valence electrons. The summed E-state index contributed by atoms with van der Waals surface area (Å²) in [4.78, 5) is 15.9. The summed E-state index contributed by atoms with van der Waals surface area (Å²) >= 11 is 1.20. The Morgan fingerprint density at radius 3 is 2.94 bits per heavy atom. The van der Waals surface area contributed by atoms with Gasteiger partial charge in [-0.3, -0.25) is 9.36 Å². The molecule has 2 heterocycles. The maximum absolute atomic E-state index is 11.6. The zero-order valence-electron chi connectivity index (χ0n) is 9.21. The van der Waals surface area contributed by atoms with E-state index in [4.69, 9.17) is 4.42 Å². The van der Waals surface area contributed by atoms with Crippen LogP contribution in [0.3, 0.4) is 0 Å². The van der Waals surface area contributed by atoms with Crippen molar-refractivity contribution >= 4 is 22.4 Å². The van der Waals surface area contributed by atoms with E-state index in [-0.39, 0.29) is 4.87 Å². The fourth-order valence-electron chi connectivity index (χ4n) is 1.72. The van der Waals surface area contributed by atoms with Crippen LogP contribution in [0.1, 0.15) is 11.6 Å². The molecule has 0 atom stereocenters. The zero-order valence-corrected chi connectivity index (χ0v) is 10.0. The maximum atomic E-state index is 11.6. The Balaban J connectivity index is 2.03. The number of nitrogens with zero attached hydrogens (tertiary/aromatic N) is 2. The Morgan fingerprint density at radius 1 is 1.41 bits per heavy atom. The van der Waals surface area contributed by atoms with Gasteiger partial charge < -0.3 is 4.42 Å². The third-order valence-corrected chi connectivity index (χ3v) is 3.49. The van der Waals surface area contributed by atoms with Crippen LogP contribution in [0.2, 0.25) is 0 Å². The van der Waals surface area contributed by atoms with E-state index >= 15 is 0 Å². The highest BCUT2D eigenvalue weighted by Gasteiger charge is 2.09. The molecule has 0 saturated heterocycles. The van der Waals surface area contributed by atoms with Crippen LogP contribution in [0.5, 0.6) is 0 Å². The first-order valence-corrected chi connectivity index (χ1v) is 6.11. The quantitative estimate of drug-likeness (QED) is 0.697. The molecular weight excluding hydrogens is 236 g/mol. The van der Waals surface area contributed by atoms with Gasteiger partial charge in [-0.25, -0.2) is 4.98 Å². The summed E-state index contributed by atoms with van der Waals surface area (Å²) in [5.74, 6) is 0.565. The Hall–Kier alpha value is -1.88. The average Bonchev–Trinajstić information content (AvgIpc) is 2.87. The van der Waals surface area contributed by atoms with Crippen LogP contribution in [0, 0.1) is 6.92 Å². The summed E-state index contributed by atoms with van der Waals surface area (Å²) < 4.78 is 7.25. The van der Waals surface area contributed by atoms with Crippen LogP contribution in [-0.4, -0.2) is 9.55 Å². The summed E-state index contributed by atoms with van der Waals surface area (Å²) in [6.07, 6.45) is 0. The topological polar surface area (TPSA) is 48.0 Å². The molecule has 0 bridgehead atoms. The van der Waals surface area contributed by atoms with Gasteiger partial charge in [0.2, 0.25) is 5.89 Å². The summed E-state index contributed by atoms with van der Waals surface area (Å²) in [6, 6.07) is 7.58. The third-order valence-electron chi connectivity index (χ3n) is 2.61. The Morgan fingerprint density at radius 2 is 2.24 bits per heavy atom. The number of rotatable bonds is 2. The number of benzene rings is 1. The number of oxazole rings is 1. The van der Waals surface area contributed by atoms with Gasteiger partial charge in [0.25, 0.3) is 0 Å². The predicted octanol–water partition coefficient (Wildman–Crippen LogP) is 2.41. The van der Waals surface area contributed by atoms with Gasteiger partial charge in [0, 0.05) is 11.1 Å². The molecular formula is C12H10N2O2S. The van der Waals surface area contributed by atoms with Crippen molar-refractivity contribution in [3.05, 3.63) is 50.9 Å². The van der Waals surface area contributed by atoms with Crippen molar-refractivity contribution in [1.82, 2.24) is 9.55 Å². The van der Waals surface area contributed by atoms with Gasteiger partial charge in [-0.15, -0.1) is 0 Å². The molecule has 0 saturated carbocycles. The zero-order chi connectivity index (χ0) is 11.8. The summed E-state index contributed by atoms with van der Waals surface area (Å²) in [5.41, 5.74) is 2.51. The van der Waals surface area contributed by atoms with Gasteiger partial charge in [-0.1, -0.05) is 23.5 Å². The molecule has 0 N–H and O–H groups in total. The molecule has 3 rings (SSSR count). The smallest absolute Gasteiger partial charge is 0.307 e. The lowest BCUT2D eigenvalue weighted by atomic mass is 10.3. The summed E-state index contributed by atoms with van der Waals surface area (Å²) in [7, 11) is 0. The van der Waals surface area contributed by atoms with E-state index in [0.29, 0.717) is 12.4 Å². The second kappa shape index (κ2) is 3.85. The van der Waals surface area contributed by atoms with Crippen LogP contribution < -0.4 is 4.87 Å². The number of hydrogen-bond acceptors (Lipinski definition) is 4. The van der Waals surface area contributed by atoms with E-state index in [2.05, 4.69) is 4.98 Å². The highest BCUT2D eigenvalue weighted by molar-refractivity contribution is 7.07. The molecule has 17 heavy (non-hydrogen) atoms. The number of aryl methyl sites for hydroxylation is 1. The first-order chi connectivity index (χ1) is 8.24. The fourth-order valence-corrected chi connectivity index (χ4v) is 2.45. The maximum Gasteiger partial charge on any atom is 0.307 e. The van der Waals surface area contributed by atoms with Gasteiger partial charge in [-0.2, -0.15) is 0 Å². The lowest BCUT2D eigenvalue weighted by Gasteiger charge is -1.98. The van der Waals surface area contributed by atoms with E-state index in [9.17, 15) is 4.79 Å². The van der Waals surface area contributed by atoms with Gasteiger partial charge in [-0.05, 0) is 19.1 Å². The van der Waals surface area contributed by atoms with E-state index in [1.54, 1.807) is 4.57 Å². The normalized spacial score (nSPS) is 11.1. The molecule has 0 fully saturated rings. The van der Waals surface area contributed by atoms with Crippen molar-refractivity contribution in [3.8, 4) is 0 Å². The monoisotopic (exact) mass is 246 g/mol. The number of hydrogen-bond donors (Lipinski definition) is 0. The van der Waals surface area contributed by atoms with Crippen molar-refractivity contribution in [3.63, 3.8) is 0 Å². The van der Waals surface area contributed by atoms with E-state index in [0.717, 1.165) is 16.8 Å². The van der Waals surface area contributed by atoms with Gasteiger partial charge in [0.1, 0.15) is 12.1 Å². The minimum Gasteiger partial charge on any atom is -0.439 e. The van der Waals surface area contributed by atoms with E-state index < -0.39 is 0 Å². The highest BCUT2D eigenvalue weighted by Crippen LogP contribution is 2.15.